The summed E-state index contributed by atoms with van der Waals surface area (Å²) >= 11 is 1.43. The van der Waals surface area contributed by atoms with Gasteiger partial charge in [-0.15, -0.1) is 24.5 Å². The van der Waals surface area contributed by atoms with E-state index in [4.69, 9.17) is 9.26 Å². The molecular formula is C29H27F3N2O5S. The van der Waals surface area contributed by atoms with Crippen LogP contribution in [0.2, 0.25) is 0 Å². The third kappa shape index (κ3) is 5.66. The molecule has 4 aromatic rings. The highest BCUT2D eigenvalue weighted by molar-refractivity contribution is 7.17. The number of thiophene rings is 1. The van der Waals surface area contributed by atoms with Gasteiger partial charge in [-0.25, -0.2) is 4.79 Å². The number of rotatable bonds is 8. The van der Waals surface area contributed by atoms with Gasteiger partial charge < -0.3 is 24.0 Å². The summed E-state index contributed by atoms with van der Waals surface area (Å²) in [5.74, 6) is -0.368. The Morgan fingerprint density at radius 3 is 2.73 bits per heavy atom. The number of carbonyl (C=O) groups is 1. The first-order valence-electron chi connectivity index (χ1n) is 13.2. The Bertz CT molecular complexity index is 1530. The maximum Gasteiger partial charge on any atom is 0.573 e. The van der Waals surface area contributed by atoms with Crippen molar-refractivity contribution in [2.75, 3.05) is 18.0 Å². The summed E-state index contributed by atoms with van der Waals surface area (Å²) in [5.41, 5.74) is 2.59. The maximum atomic E-state index is 13.1. The molecule has 1 unspecified atom stereocenters. The Labute approximate surface area is 232 Å². The highest BCUT2D eigenvalue weighted by Crippen LogP contribution is 2.46. The van der Waals surface area contributed by atoms with Gasteiger partial charge in [0.25, 0.3) is 0 Å². The summed E-state index contributed by atoms with van der Waals surface area (Å²) < 4.78 is 56.4. The van der Waals surface area contributed by atoms with Crippen LogP contribution in [0.1, 0.15) is 59.7 Å². The number of para-hydroxylation sites is 1. The van der Waals surface area contributed by atoms with Gasteiger partial charge in [-0.1, -0.05) is 23.4 Å². The molecule has 40 heavy (non-hydrogen) atoms. The smallest absolute Gasteiger partial charge is 0.478 e. The number of fused-ring (bicyclic) bond motifs is 1. The van der Waals surface area contributed by atoms with Gasteiger partial charge in [0, 0.05) is 51.3 Å². The van der Waals surface area contributed by atoms with Crippen LogP contribution in [-0.2, 0) is 11.3 Å². The van der Waals surface area contributed by atoms with E-state index in [0.29, 0.717) is 22.6 Å². The van der Waals surface area contributed by atoms with Crippen LogP contribution < -0.4 is 9.64 Å². The highest BCUT2D eigenvalue weighted by Gasteiger charge is 2.36. The van der Waals surface area contributed by atoms with Crippen LogP contribution in [0.3, 0.4) is 0 Å². The summed E-state index contributed by atoms with van der Waals surface area (Å²) in [5, 5.41) is 16.0. The van der Waals surface area contributed by atoms with E-state index in [1.54, 1.807) is 17.5 Å². The van der Waals surface area contributed by atoms with Crippen molar-refractivity contribution in [3.8, 4) is 17.0 Å². The zero-order chi connectivity index (χ0) is 27.9. The lowest BCUT2D eigenvalue weighted by Gasteiger charge is -2.23. The third-order valence-corrected chi connectivity index (χ3v) is 8.37. The molecule has 1 aliphatic heterocycles. The van der Waals surface area contributed by atoms with E-state index >= 15 is 0 Å². The minimum absolute atomic E-state index is 0.0365. The fourth-order valence-electron chi connectivity index (χ4n) is 5.29. The first-order chi connectivity index (χ1) is 19.3. The van der Waals surface area contributed by atoms with Crippen molar-refractivity contribution in [3.63, 3.8) is 0 Å². The van der Waals surface area contributed by atoms with Crippen LogP contribution in [0, 0.1) is 0 Å². The second kappa shape index (κ2) is 10.8. The van der Waals surface area contributed by atoms with Crippen molar-refractivity contribution in [2.45, 2.75) is 57.1 Å². The van der Waals surface area contributed by atoms with E-state index in [0.717, 1.165) is 61.0 Å². The second-order valence-corrected chi connectivity index (χ2v) is 11.1. The number of ether oxygens (including phenoxy) is 2. The lowest BCUT2D eigenvalue weighted by atomic mass is 10.0. The number of nitrogens with zero attached hydrogens (tertiary/aromatic N) is 2. The Morgan fingerprint density at radius 1 is 1.12 bits per heavy atom. The Hall–Kier alpha value is -3.57. The van der Waals surface area contributed by atoms with E-state index < -0.39 is 12.3 Å². The largest absolute Gasteiger partial charge is 0.573 e. The summed E-state index contributed by atoms with van der Waals surface area (Å²) in [6, 6.07) is 11.8. The van der Waals surface area contributed by atoms with E-state index in [2.05, 4.69) is 14.8 Å². The molecule has 0 amide bonds. The van der Waals surface area contributed by atoms with E-state index in [1.807, 2.05) is 18.2 Å². The zero-order valence-electron chi connectivity index (χ0n) is 21.4. The van der Waals surface area contributed by atoms with E-state index in [1.165, 1.54) is 23.5 Å². The number of anilines is 1. The van der Waals surface area contributed by atoms with E-state index in [9.17, 15) is 23.1 Å². The Balaban J connectivity index is 1.16. The molecule has 0 bridgehead atoms. The average molecular weight is 573 g/mol. The normalized spacial score (nSPS) is 18.2. The monoisotopic (exact) mass is 572 g/mol. The van der Waals surface area contributed by atoms with Crippen molar-refractivity contribution in [1.82, 2.24) is 5.16 Å². The SMILES string of the molecule is O=C(O)c1csc2cc(N3CCCC(OCc4c(-c5ccccc5OC(F)(F)F)noc4C4CC4)CC3)ccc12. The van der Waals surface area contributed by atoms with Crippen molar-refractivity contribution < 1.29 is 37.1 Å². The van der Waals surface area contributed by atoms with Gasteiger partial charge in [-0.3, -0.25) is 0 Å². The van der Waals surface area contributed by atoms with Crippen LogP contribution >= 0.6 is 11.3 Å². The quantitative estimate of drug-likeness (QED) is 0.233. The molecule has 0 radical (unpaired) electrons. The van der Waals surface area contributed by atoms with Crippen LogP contribution in [0.25, 0.3) is 21.3 Å². The average Bonchev–Trinajstić information content (AvgIpc) is 3.60. The van der Waals surface area contributed by atoms with Gasteiger partial charge in [0.15, 0.2) is 0 Å². The van der Waals surface area contributed by atoms with Crippen molar-refractivity contribution >= 4 is 33.1 Å². The van der Waals surface area contributed by atoms with Gasteiger partial charge in [-0.2, -0.15) is 0 Å². The summed E-state index contributed by atoms with van der Waals surface area (Å²) in [4.78, 5) is 13.7. The maximum absolute atomic E-state index is 13.1. The molecule has 210 valence electrons. The molecule has 1 aliphatic carbocycles. The number of benzene rings is 2. The van der Waals surface area contributed by atoms with Crippen LogP contribution in [0.4, 0.5) is 18.9 Å². The molecule has 1 atom stereocenters. The molecule has 1 N–H and O–H groups in total. The molecule has 1 saturated carbocycles. The van der Waals surface area contributed by atoms with Crippen LogP contribution in [0.5, 0.6) is 5.75 Å². The van der Waals surface area contributed by atoms with Gasteiger partial charge in [0.05, 0.1) is 18.3 Å². The summed E-state index contributed by atoms with van der Waals surface area (Å²) in [6.07, 6.45) is -0.446. The van der Waals surface area contributed by atoms with Crippen molar-refractivity contribution in [3.05, 3.63) is 64.7 Å². The van der Waals surface area contributed by atoms with E-state index in [-0.39, 0.29) is 29.9 Å². The summed E-state index contributed by atoms with van der Waals surface area (Å²) in [7, 11) is 0. The van der Waals surface area contributed by atoms with Crippen LogP contribution in [-0.4, -0.2) is 41.8 Å². The molecule has 11 heteroatoms. The lowest BCUT2D eigenvalue weighted by Crippen LogP contribution is -2.24. The van der Waals surface area contributed by atoms with Gasteiger partial charge in [0.2, 0.25) is 0 Å². The number of aromatic nitrogens is 1. The topological polar surface area (TPSA) is 85.0 Å². The second-order valence-electron chi connectivity index (χ2n) is 10.2. The highest BCUT2D eigenvalue weighted by atomic mass is 32.1. The number of hydrogen-bond donors (Lipinski definition) is 1. The number of alkyl halides is 3. The fraction of sp³-hybridized carbons (Fsp3) is 0.379. The standard InChI is InChI=1S/C29H27F3N2O5S/c30-29(31,32)38-24-6-2-1-5-21(24)26-22(27(39-33-26)17-7-8-17)15-37-19-4-3-12-34(13-11-19)18-9-10-20-23(28(35)36)16-40-25(20)14-18/h1-2,5-6,9-10,14,16-17,19H,3-4,7-8,11-13,15H2,(H,35,36). The molecule has 6 rings (SSSR count). The number of carboxylic acids is 1. The summed E-state index contributed by atoms with van der Waals surface area (Å²) in [6.45, 7) is 1.80. The molecular weight excluding hydrogens is 545 g/mol. The van der Waals surface area contributed by atoms with Crippen molar-refractivity contribution in [1.29, 1.82) is 0 Å². The number of aromatic carboxylic acids is 1. The third-order valence-electron chi connectivity index (χ3n) is 7.43. The lowest BCUT2D eigenvalue weighted by molar-refractivity contribution is -0.274. The number of halogens is 3. The first kappa shape index (κ1) is 26.6. The number of carboxylic acid groups (broad SMARTS) is 1. The molecule has 1 saturated heterocycles. The van der Waals surface area contributed by atoms with Gasteiger partial charge >= 0.3 is 12.3 Å². The molecule has 0 spiro atoms. The molecule has 2 fully saturated rings. The number of hydrogen-bond acceptors (Lipinski definition) is 7. The Morgan fingerprint density at radius 2 is 1.95 bits per heavy atom. The van der Waals surface area contributed by atoms with Crippen molar-refractivity contribution in [2.24, 2.45) is 0 Å². The predicted octanol–water partition coefficient (Wildman–Crippen LogP) is 7.61. The molecule has 2 aromatic carbocycles. The molecule has 2 aromatic heterocycles. The van der Waals surface area contributed by atoms with Gasteiger partial charge in [0.1, 0.15) is 17.2 Å². The molecule has 2 aliphatic rings. The fourth-order valence-corrected chi connectivity index (χ4v) is 6.25. The van der Waals surface area contributed by atoms with Crippen LogP contribution in [0.15, 0.2) is 52.4 Å². The molecule has 3 heterocycles. The molecule has 7 nitrogen and oxygen atoms in total. The zero-order valence-corrected chi connectivity index (χ0v) is 22.3. The van der Waals surface area contributed by atoms with Gasteiger partial charge in [-0.05, 0) is 56.4 Å². The first-order valence-corrected chi connectivity index (χ1v) is 14.1. The minimum atomic E-state index is -4.82. The minimum Gasteiger partial charge on any atom is -0.478 e. The predicted molar refractivity (Wildman–Crippen MR) is 144 cm³/mol. The Kier molecular flexibility index (Phi) is 7.18.